The van der Waals surface area contributed by atoms with Crippen molar-refractivity contribution in [3.8, 4) is 5.75 Å². The van der Waals surface area contributed by atoms with Crippen LogP contribution in [0.3, 0.4) is 0 Å². The number of ether oxygens (including phenoxy) is 1. The molecule has 2 rings (SSSR count). The standard InChI is InChI=1S/C21H24N2O5/c1-22(17-10-5-4-6-11-17)21(25)14-7-2-3-8-15-28-20-13-9-12-19(23(26)27)18(20)16-24/h4-6,9-13,16H,2-3,7-8,14-15H2,1H3. The molecule has 28 heavy (non-hydrogen) atoms. The van der Waals surface area contributed by atoms with Crippen LogP contribution in [0.25, 0.3) is 0 Å². The first-order chi connectivity index (χ1) is 13.5. The van der Waals surface area contributed by atoms with E-state index in [1.165, 1.54) is 12.1 Å². The number of hydrogen-bond donors (Lipinski definition) is 0. The summed E-state index contributed by atoms with van der Waals surface area (Å²) >= 11 is 0. The van der Waals surface area contributed by atoms with Crippen molar-refractivity contribution in [1.29, 1.82) is 0 Å². The molecule has 0 spiro atoms. The molecule has 0 fully saturated rings. The van der Waals surface area contributed by atoms with Gasteiger partial charge >= 0.3 is 0 Å². The van der Waals surface area contributed by atoms with Gasteiger partial charge in [0.2, 0.25) is 5.91 Å². The average molecular weight is 384 g/mol. The highest BCUT2D eigenvalue weighted by Crippen LogP contribution is 2.26. The highest BCUT2D eigenvalue weighted by molar-refractivity contribution is 5.92. The van der Waals surface area contributed by atoms with E-state index in [2.05, 4.69) is 0 Å². The number of rotatable bonds is 11. The molecule has 0 N–H and O–H groups in total. The molecule has 2 aromatic rings. The third-order valence-corrected chi connectivity index (χ3v) is 4.42. The summed E-state index contributed by atoms with van der Waals surface area (Å²) in [4.78, 5) is 35.3. The summed E-state index contributed by atoms with van der Waals surface area (Å²) in [6, 6.07) is 13.8. The Morgan fingerprint density at radius 2 is 1.79 bits per heavy atom. The number of aldehydes is 1. The SMILES string of the molecule is CN(C(=O)CCCCCCOc1cccc([N+](=O)[O-])c1C=O)c1ccccc1. The van der Waals surface area contributed by atoms with Crippen molar-refractivity contribution in [1.82, 2.24) is 0 Å². The molecular weight excluding hydrogens is 360 g/mol. The van der Waals surface area contributed by atoms with Gasteiger partial charge in [-0.15, -0.1) is 0 Å². The van der Waals surface area contributed by atoms with E-state index >= 15 is 0 Å². The lowest BCUT2D eigenvalue weighted by molar-refractivity contribution is -0.385. The van der Waals surface area contributed by atoms with Crippen molar-refractivity contribution >= 4 is 23.6 Å². The summed E-state index contributed by atoms with van der Waals surface area (Å²) in [6.45, 7) is 0.361. The molecule has 0 saturated heterocycles. The van der Waals surface area contributed by atoms with Gasteiger partial charge in [-0.1, -0.05) is 37.1 Å². The zero-order valence-corrected chi connectivity index (χ0v) is 15.9. The van der Waals surface area contributed by atoms with Crippen molar-refractivity contribution in [2.45, 2.75) is 32.1 Å². The summed E-state index contributed by atoms with van der Waals surface area (Å²) in [5, 5.41) is 10.9. The fourth-order valence-electron chi connectivity index (χ4n) is 2.81. The van der Waals surface area contributed by atoms with Gasteiger partial charge in [0, 0.05) is 25.2 Å². The van der Waals surface area contributed by atoms with Crippen LogP contribution >= 0.6 is 0 Å². The number of nitrogens with zero attached hydrogens (tertiary/aromatic N) is 2. The first-order valence-electron chi connectivity index (χ1n) is 9.21. The highest BCUT2D eigenvalue weighted by Gasteiger charge is 2.17. The quantitative estimate of drug-likeness (QED) is 0.248. The first kappa shape index (κ1) is 21.1. The predicted octanol–water partition coefficient (Wildman–Crippen LogP) is 4.40. The topological polar surface area (TPSA) is 89.8 Å². The molecular formula is C21H24N2O5. The second-order valence-corrected chi connectivity index (χ2v) is 6.36. The number of carbonyl (C=O) groups excluding carboxylic acids is 2. The van der Waals surface area contributed by atoms with E-state index in [-0.39, 0.29) is 22.9 Å². The van der Waals surface area contributed by atoms with Crippen LogP contribution in [0.1, 0.15) is 42.5 Å². The Balaban J connectivity index is 1.67. The lowest BCUT2D eigenvalue weighted by Crippen LogP contribution is -2.25. The van der Waals surface area contributed by atoms with Crippen molar-refractivity contribution in [2.24, 2.45) is 0 Å². The normalized spacial score (nSPS) is 10.3. The number of nitro benzene ring substituents is 1. The van der Waals surface area contributed by atoms with Gasteiger partial charge < -0.3 is 9.64 Å². The van der Waals surface area contributed by atoms with E-state index in [0.717, 1.165) is 31.4 Å². The maximum Gasteiger partial charge on any atom is 0.283 e. The molecule has 0 unspecified atom stereocenters. The number of unbranched alkanes of at least 4 members (excludes halogenated alkanes) is 3. The Morgan fingerprint density at radius 1 is 1.07 bits per heavy atom. The van der Waals surface area contributed by atoms with Crippen LogP contribution in [0.4, 0.5) is 11.4 Å². The summed E-state index contributed by atoms with van der Waals surface area (Å²) in [5.74, 6) is 0.304. The third kappa shape index (κ3) is 5.90. The molecule has 0 atom stereocenters. The lowest BCUT2D eigenvalue weighted by Gasteiger charge is -2.17. The van der Waals surface area contributed by atoms with Gasteiger partial charge in [0.05, 0.1) is 11.5 Å². The maximum atomic E-state index is 12.2. The Kier molecular flexibility index (Phi) is 8.14. The summed E-state index contributed by atoms with van der Waals surface area (Å²) in [7, 11) is 1.77. The fourth-order valence-corrected chi connectivity index (χ4v) is 2.81. The van der Waals surface area contributed by atoms with Crippen molar-refractivity contribution in [2.75, 3.05) is 18.6 Å². The maximum absolute atomic E-state index is 12.2. The molecule has 0 aliphatic carbocycles. The summed E-state index contributed by atoms with van der Waals surface area (Å²) in [5.41, 5.74) is 0.583. The molecule has 2 aromatic carbocycles. The van der Waals surface area contributed by atoms with Crippen LogP contribution in [0, 0.1) is 10.1 Å². The Morgan fingerprint density at radius 3 is 2.46 bits per heavy atom. The van der Waals surface area contributed by atoms with Gasteiger partial charge in [-0.05, 0) is 31.0 Å². The van der Waals surface area contributed by atoms with Gasteiger partial charge in [-0.2, -0.15) is 0 Å². The predicted molar refractivity (Wildman–Crippen MR) is 107 cm³/mol. The zero-order chi connectivity index (χ0) is 20.4. The molecule has 7 heteroatoms. The number of amides is 1. The van der Waals surface area contributed by atoms with E-state index in [1.807, 2.05) is 30.3 Å². The first-order valence-corrected chi connectivity index (χ1v) is 9.21. The molecule has 0 aliphatic rings. The van der Waals surface area contributed by atoms with Gasteiger partial charge in [0.15, 0.2) is 6.29 Å². The van der Waals surface area contributed by atoms with Crippen LogP contribution in [0.5, 0.6) is 5.75 Å². The van der Waals surface area contributed by atoms with E-state index in [1.54, 1.807) is 18.0 Å². The number of benzene rings is 2. The molecule has 0 heterocycles. The number of hydrogen-bond acceptors (Lipinski definition) is 5. The summed E-state index contributed by atoms with van der Waals surface area (Å²) in [6.07, 6.45) is 4.20. The van der Waals surface area contributed by atoms with Gasteiger partial charge in [0.1, 0.15) is 11.3 Å². The van der Waals surface area contributed by atoms with Crippen LogP contribution < -0.4 is 9.64 Å². The van der Waals surface area contributed by atoms with Crippen LogP contribution in [0.15, 0.2) is 48.5 Å². The molecule has 148 valence electrons. The number of para-hydroxylation sites is 1. The van der Waals surface area contributed by atoms with Crippen LogP contribution in [0.2, 0.25) is 0 Å². The van der Waals surface area contributed by atoms with Crippen LogP contribution in [-0.4, -0.2) is 30.8 Å². The number of nitro groups is 1. The Bertz CT molecular complexity index is 808. The Labute approximate surface area is 164 Å². The lowest BCUT2D eigenvalue weighted by atomic mass is 10.1. The van der Waals surface area contributed by atoms with Crippen molar-refractivity contribution in [3.63, 3.8) is 0 Å². The molecule has 0 aliphatic heterocycles. The molecule has 7 nitrogen and oxygen atoms in total. The van der Waals surface area contributed by atoms with Gasteiger partial charge in [0.25, 0.3) is 5.69 Å². The second-order valence-electron chi connectivity index (χ2n) is 6.36. The molecule has 0 radical (unpaired) electrons. The Hall–Kier alpha value is -3.22. The smallest absolute Gasteiger partial charge is 0.283 e. The van der Waals surface area contributed by atoms with Crippen molar-refractivity contribution in [3.05, 3.63) is 64.2 Å². The van der Waals surface area contributed by atoms with E-state index in [9.17, 15) is 19.7 Å². The minimum absolute atomic E-state index is 0.0398. The zero-order valence-electron chi connectivity index (χ0n) is 15.9. The third-order valence-electron chi connectivity index (χ3n) is 4.42. The van der Waals surface area contributed by atoms with Gasteiger partial charge in [-0.3, -0.25) is 19.7 Å². The minimum Gasteiger partial charge on any atom is -0.493 e. The van der Waals surface area contributed by atoms with E-state index in [4.69, 9.17) is 4.74 Å². The largest absolute Gasteiger partial charge is 0.493 e. The summed E-state index contributed by atoms with van der Waals surface area (Å²) < 4.78 is 5.53. The van der Waals surface area contributed by atoms with Gasteiger partial charge in [-0.25, -0.2) is 0 Å². The molecule has 1 amide bonds. The monoisotopic (exact) mass is 384 g/mol. The fraction of sp³-hybridized carbons (Fsp3) is 0.333. The molecule has 0 bridgehead atoms. The molecule has 0 saturated carbocycles. The van der Waals surface area contributed by atoms with Crippen LogP contribution in [-0.2, 0) is 4.79 Å². The van der Waals surface area contributed by atoms with Crippen molar-refractivity contribution < 1.29 is 19.2 Å². The van der Waals surface area contributed by atoms with E-state index < -0.39 is 4.92 Å². The van der Waals surface area contributed by atoms with E-state index in [0.29, 0.717) is 19.3 Å². The second kappa shape index (κ2) is 10.8. The minimum atomic E-state index is -0.597. The average Bonchev–Trinajstić information content (AvgIpc) is 2.72. The number of anilines is 1. The highest BCUT2D eigenvalue weighted by atomic mass is 16.6. The number of carbonyl (C=O) groups is 2. The molecule has 0 aromatic heterocycles.